The van der Waals surface area contributed by atoms with Crippen LogP contribution in [0.25, 0.3) is 0 Å². The van der Waals surface area contributed by atoms with Gasteiger partial charge in [0.1, 0.15) is 5.75 Å². The number of hydrogen-bond donors (Lipinski definition) is 2. The maximum atomic E-state index is 5.78. The zero-order valence-corrected chi connectivity index (χ0v) is 13.8. The number of methoxy groups -OCH3 is 1. The number of benzene rings is 1. The number of rotatable bonds is 6. The lowest BCUT2D eigenvalue weighted by molar-refractivity contribution is 0.0243. The van der Waals surface area contributed by atoms with Crippen molar-refractivity contribution >= 4 is 5.96 Å². The van der Waals surface area contributed by atoms with E-state index in [2.05, 4.69) is 28.6 Å². The molecule has 0 saturated carbocycles. The summed E-state index contributed by atoms with van der Waals surface area (Å²) in [4.78, 5) is 4.26. The largest absolute Gasteiger partial charge is 0.496 e. The molecule has 0 bridgehead atoms. The normalized spacial score (nSPS) is 21.7. The van der Waals surface area contributed by atoms with Crippen molar-refractivity contribution in [3.8, 4) is 5.75 Å². The molecule has 0 radical (unpaired) electrons. The zero-order chi connectivity index (χ0) is 15.8. The molecule has 122 valence electrons. The van der Waals surface area contributed by atoms with E-state index < -0.39 is 0 Å². The highest BCUT2D eigenvalue weighted by molar-refractivity contribution is 5.79. The van der Waals surface area contributed by atoms with Crippen LogP contribution in [0.5, 0.6) is 5.75 Å². The van der Waals surface area contributed by atoms with Gasteiger partial charge < -0.3 is 20.1 Å². The first-order valence-electron chi connectivity index (χ1n) is 7.87. The molecule has 2 rings (SSSR count). The van der Waals surface area contributed by atoms with Gasteiger partial charge in [0, 0.05) is 26.7 Å². The van der Waals surface area contributed by atoms with Crippen LogP contribution in [0.1, 0.15) is 25.3 Å². The van der Waals surface area contributed by atoms with Gasteiger partial charge in [0.05, 0.1) is 12.7 Å². The van der Waals surface area contributed by atoms with Crippen molar-refractivity contribution in [3.63, 3.8) is 0 Å². The van der Waals surface area contributed by atoms with Crippen molar-refractivity contribution in [2.75, 3.05) is 33.9 Å². The maximum Gasteiger partial charge on any atom is 0.191 e. The van der Waals surface area contributed by atoms with Gasteiger partial charge in [-0.15, -0.1) is 0 Å². The summed E-state index contributed by atoms with van der Waals surface area (Å²) < 4.78 is 11.1. The molecular weight excluding hydrogens is 278 g/mol. The molecule has 0 aliphatic carbocycles. The van der Waals surface area contributed by atoms with Crippen LogP contribution in [0.4, 0.5) is 0 Å². The fraction of sp³-hybridized carbons (Fsp3) is 0.588. The van der Waals surface area contributed by atoms with E-state index in [-0.39, 0.29) is 5.60 Å². The van der Waals surface area contributed by atoms with Gasteiger partial charge in [0.2, 0.25) is 0 Å². The summed E-state index contributed by atoms with van der Waals surface area (Å²) in [6, 6.07) is 8.09. The van der Waals surface area contributed by atoms with Crippen LogP contribution in [0.3, 0.4) is 0 Å². The van der Waals surface area contributed by atoms with Gasteiger partial charge in [-0.3, -0.25) is 4.99 Å². The van der Waals surface area contributed by atoms with E-state index in [1.165, 1.54) is 5.56 Å². The topological polar surface area (TPSA) is 54.9 Å². The first-order chi connectivity index (χ1) is 10.7. The van der Waals surface area contributed by atoms with Gasteiger partial charge in [-0.25, -0.2) is 0 Å². The van der Waals surface area contributed by atoms with Gasteiger partial charge in [-0.05, 0) is 37.8 Å². The van der Waals surface area contributed by atoms with Gasteiger partial charge in [-0.2, -0.15) is 0 Å². The molecule has 22 heavy (non-hydrogen) atoms. The maximum absolute atomic E-state index is 5.78. The lowest BCUT2D eigenvalue weighted by Crippen LogP contribution is -2.45. The minimum absolute atomic E-state index is 0.0692. The van der Waals surface area contributed by atoms with Gasteiger partial charge in [-0.1, -0.05) is 18.2 Å². The highest BCUT2D eigenvalue weighted by atomic mass is 16.5. The van der Waals surface area contributed by atoms with Crippen molar-refractivity contribution < 1.29 is 9.47 Å². The molecule has 5 heteroatoms. The third-order valence-corrected chi connectivity index (χ3v) is 4.03. The number of para-hydroxylation sites is 1. The second kappa shape index (κ2) is 8.03. The summed E-state index contributed by atoms with van der Waals surface area (Å²) in [7, 11) is 3.49. The molecule has 2 N–H and O–H groups in total. The Morgan fingerprint density at radius 2 is 2.18 bits per heavy atom. The fourth-order valence-corrected chi connectivity index (χ4v) is 2.69. The van der Waals surface area contributed by atoms with E-state index in [0.717, 1.165) is 50.7 Å². The Kier molecular flexibility index (Phi) is 6.07. The van der Waals surface area contributed by atoms with Crippen LogP contribution in [0.15, 0.2) is 29.3 Å². The number of aliphatic imine (C=N–C) groups is 1. The fourth-order valence-electron chi connectivity index (χ4n) is 2.69. The summed E-state index contributed by atoms with van der Waals surface area (Å²) in [5.74, 6) is 1.74. The summed E-state index contributed by atoms with van der Waals surface area (Å²) >= 11 is 0. The summed E-state index contributed by atoms with van der Waals surface area (Å²) in [6.45, 7) is 4.59. The molecule has 1 unspecified atom stereocenters. The Morgan fingerprint density at radius 1 is 1.36 bits per heavy atom. The van der Waals surface area contributed by atoms with Crippen molar-refractivity contribution in [1.82, 2.24) is 10.6 Å². The number of guanidine groups is 1. The molecule has 1 aromatic rings. The molecule has 1 aromatic carbocycles. The highest BCUT2D eigenvalue weighted by Crippen LogP contribution is 2.23. The van der Waals surface area contributed by atoms with Crippen molar-refractivity contribution in [3.05, 3.63) is 29.8 Å². The molecule has 1 atom stereocenters. The second-order valence-electron chi connectivity index (χ2n) is 5.82. The average Bonchev–Trinajstić information content (AvgIpc) is 2.98. The number of nitrogens with zero attached hydrogens (tertiary/aromatic N) is 1. The summed E-state index contributed by atoms with van der Waals surface area (Å²) in [5.41, 5.74) is 1.12. The molecule has 1 saturated heterocycles. The summed E-state index contributed by atoms with van der Waals surface area (Å²) in [5, 5.41) is 6.69. The third kappa shape index (κ3) is 4.63. The Hall–Kier alpha value is -1.75. The molecule has 1 aliphatic rings. The van der Waals surface area contributed by atoms with Crippen LogP contribution in [-0.4, -0.2) is 45.4 Å². The predicted molar refractivity (Wildman–Crippen MR) is 89.7 cm³/mol. The zero-order valence-electron chi connectivity index (χ0n) is 13.8. The van der Waals surface area contributed by atoms with Crippen molar-refractivity contribution in [2.24, 2.45) is 4.99 Å². The standard InChI is InChI=1S/C17H27N3O2/c1-17(10-6-12-22-17)13-20-16(18-2)19-11-9-14-7-4-5-8-15(14)21-3/h4-5,7-8H,6,9-13H2,1-3H3,(H2,18,19,20). The van der Waals surface area contributed by atoms with E-state index in [9.17, 15) is 0 Å². The van der Waals surface area contributed by atoms with Gasteiger partial charge >= 0.3 is 0 Å². The van der Waals surface area contributed by atoms with Crippen LogP contribution in [-0.2, 0) is 11.2 Å². The van der Waals surface area contributed by atoms with Crippen LogP contribution in [0, 0.1) is 0 Å². The predicted octanol–water partition coefficient (Wildman–Crippen LogP) is 1.97. The van der Waals surface area contributed by atoms with E-state index in [1.54, 1.807) is 14.2 Å². The Labute approximate surface area is 133 Å². The monoisotopic (exact) mass is 305 g/mol. The van der Waals surface area contributed by atoms with E-state index in [4.69, 9.17) is 9.47 Å². The quantitative estimate of drug-likeness (QED) is 0.623. The highest BCUT2D eigenvalue weighted by Gasteiger charge is 2.29. The minimum Gasteiger partial charge on any atom is -0.496 e. The smallest absolute Gasteiger partial charge is 0.191 e. The first-order valence-corrected chi connectivity index (χ1v) is 7.87. The molecule has 0 spiro atoms. The Bertz CT molecular complexity index is 496. The van der Waals surface area contributed by atoms with E-state index in [0.29, 0.717) is 0 Å². The lowest BCUT2D eigenvalue weighted by Gasteiger charge is -2.24. The molecule has 1 fully saturated rings. The first kappa shape index (κ1) is 16.6. The van der Waals surface area contributed by atoms with Crippen molar-refractivity contribution in [2.45, 2.75) is 31.8 Å². The van der Waals surface area contributed by atoms with E-state index >= 15 is 0 Å². The molecule has 0 aromatic heterocycles. The van der Waals surface area contributed by atoms with Crippen molar-refractivity contribution in [1.29, 1.82) is 0 Å². The second-order valence-corrected chi connectivity index (χ2v) is 5.82. The molecule has 0 amide bonds. The lowest BCUT2D eigenvalue weighted by atomic mass is 10.0. The van der Waals surface area contributed by atoms with Crippen LogP contribution >= 0.6 is 0 Å². The number of nitrogens with one attached hydrogen (secondary N) is 2. The van der Waals surface area contributed by atoms with Crippen LogP contribution < -0.4 is 15.4 Å². The molecule has 1 heterocycles. The molecular formula is C17H27N3O2. The SMILES string of the molecule is CN=C(NCCc1ccccc1OC)NCC1(C)CCCO1. The van der Waals surface area contributed by atoms with E-state index in [1.807, 2.05) is 18.2 Å². The van der Waals surface area contributed by atoms with Crippen LogP contribution in [0.2, 0.25) is 0 Å². The molecule has 5 nitrogen and oxygen atoms in total. The number of hydrogen-bond acceptors (Lipinski definition) is 3. The molecule has 1 aliphatic heterocycles. The third-order valence-electron chi connectivity index (χ3n) is 4.03. The van der Waals surface area contributed by atoms with Gasteiger partial charge in [0.15, 0.2) is 5.96 Å². The Balaban J connectivity index is 1.77. The number of ether oxygens (including phenoxy) is 2. The minimum atomic E-state index is -0.0692. The summed E-state index contributed by atoms with van der Waals surface area (Å²) in [6.07, 6.45) is 3.12. The van der Waals surface area contributed by atoms with Gasteiger partial charge in [0.25, 0.3) is 0 Å². The average molecular weight is 305 g/mol. The Morgan fingerprint density at radius 3 is 2.86 bits per heavy atom.